The number of ether oxygens (including phenoxy) is 3. The van der Waals surface area contributed by atoms with Crippen molar-refractivity contribution in [3.63, 3.8) is 0 Å². The Bertz CT molecular complexity index is 1350. The molecular formula is C31H27F3O3. The molecule has 0 aromatic heterocycles. The van der Waals surface area contributed by atoms with Gasteiger partial charge in [-0.05, 0) is 54.3 Å². The Kier molecular flexibility index (Phi) is 8.52. The van der Waals surface area contributed by atoms with Crippen molar-refractivity contribution in [3.8, 4) is 39.5 Å². The predicted molar refractivity (Wildman–Crippen MR) is 139 cm³/mol. The lowest BCUT2D eigenvalue weighted by Gasteiger charge is -2.11. The van der Waals surface area contributed by atoms with Gasteiger partial charge in [-0.25, -0.2) is 13.2 Å². The third-order valence-corrected chi connectivity index (χ3v) is 5.71. The van der Waals surface area contributed by atoms with E-state index in [1.165, 1.54) is 12.1 Å². The van der Waals surface area contributed by atoms with Crippen LogP contribution < -0.4 is 14.2 Å². The van der Waals surface area contributed by atoms with Gasteiger partial charge in [0.1, 0.15) is 18.1 Å². The van der Waals surface area contributed by atoms with E-state index < -0.39 is 17.5 Å². The van der Waals surface area contributed by atoms with Gasteiger partial charge in [0.05, 0.1) is 13.2 Å². The van der Waals surface area contributed by atoms with Gasteiger partial charge in [0.15, 0.2) is 23.2 Å². The third kappa shape index (κ3) is 6.33. The van der Waals surface area contributed by atoms with Crippen molar-refractivity contribution in [2.75, 3.05) is 13.2 Å². The smallest absolute Gasteiger partial charge is 0.168 e. The molecule has 4 aromatic rings. The molecule has 0 spiro atoms. The normalized spacial score (nSPS) is 10.7. The molecule has 0 unspecified atom stereocenters. The minimum absolute atomic E-state index is 0.154. The van der Waals surface area contributed by atoms with Gasteiger partial charge in [-0.1, -0.05) is 54.6 Å². The Morgan fingerprint density at radius 3 is 1.86 bits per heavy atom. The van der Waals surface area contributed by atoms with Gasteiger partial charge in [-0.15, -0.1) is 6.58 Å². The average molecular weight is 505 g/mol. The van der Waals surface area contributed by atoms with Crippen molar-refractivity contribution < 1.29 is 27.4 Å². The molecule has 0 aliphatic rings. The molecule has 6 heteroatoms. The molecule has 0 fully saturated rings. The Balaban J connectivity index is 1.43. The summed E-state index contributed by atoms with van der Waals surface area (Å²) in [5.41, 5.74) is 2.23. The predicted octanol–water partition coefficient (Wildman–Crippen LogP) is 8.37. The molecule has 0 atom stereocenters. The first-order chi connectivity index (χ1) is 18.0. The molecule has 3 nitrogen and oxygen atoms in total. The summed E-state index contributed by atoms with van der Waals surface area (Å²) in [4.78, 5) is 0. The Hall–Kier alpha value is -4.19. The highest BCUT2D eigenvalue weighted by molar-refractivity contribution is 5.72. The Morgan fingerprint density at radius 1 is 0.703 bits per heavy atom. The summed E-state index contributed by atoms with van der Waals surface area (Å²) >= 11 is 0. The topological polar surface area (TPSA) is 27.7 Å². The zero-order valence-corrected chi connectivity index (χ0v) is 20.5. The molecule has 0 aliphatic heterocycles. The first-order valence-electron chi connectivity index (χ1n) is 12.0. The van der Waals surface area contributed by atoms with E-state index in [2.05, 4.69) is 6.58 Å². The molecule has 4 rings (SSSR count). The summed E-state index contributed by atoms with van der Waals surface area (Å²) in [6.07, 6.45) is 2.32. The summed E-state index contributed by atoms with van der Waals surface area (Å²) in [6.45, 7) is 6.54. The summed E-state index contributed by atoms with van der Waals surface area (Å²) in [7, 11) is 0. The van der Waals surface area contributed by atoms with Crippen molar-refractivity contribution in [2.45, 2.75) is 20.0 Å². The first kappa shape index (κ1) is 25.9. The highest BCUT2D eigenvalue weighted by Gasteiger charge is 2.16. The van der Waals surface area contributed by atoms with E-state index in [-0.39, 0.29) is 23.5 Å². The summed E-state index contributed by atoms with van der Waals surface area (Å²) in [6, 6.07) is 21.3. The fourth-order valence-corrected chi connectivity index (χ4v) is 3.78. The van der Waals surface area contributed by atoms with Crippen LogP contribution >= 0.6 is 0 Å². The zero-order chi connectivity index (χ0) is 26.2. The van der Waals surface area contributed by atoms with Crippen LogP contribution in [0.2, 0.25) is 0 Å². The summed E-state index contributed by atoms with van der Waals surface area (Å²) in [5, 5.41) is 0. The highest BCUT2D eigenvalue weighted by atomic mass is 19.2. The Labute approximate surface area is 214 Å². The highest BCUT2D eigenvalue weighted by Crippen LogP contribution is 2.32. The van der Waals surface area contributed by atoms with Crippen molar-refractivity contribution in [3.05, 3.63) is 115 Å². The largest absolute Gasteiger partial charge is 0.494 e. The first-order valence-corrected chi connectivity index (χ1v) is 12.0. The van der Waals surface area contributed by atoms with E-state index in [0.29, 0.717) is 42.3 Å². The fourth-order valence-electron chi connectivity index (χ4n) is 3.78. The average Bonchev–Trinajstić information content (AvgIpc) is 2.91. The molecule has 0 aliphatic carbocycles. The van der Waals surface area contributed by atoms with Crippen LogP contribution in [0.3, 0.4) is 0 Å². The maximum atomic E-state index is 15.0. The van der Waals surface area contributed by atoms with Gasteiger partial charge < -0.3 is 14.2 Å². The molecule has 190 valence electrons. The molecule has 0 amide bonds. The number of halogens is 3. The number of hydrogen-bond donors (Lipinski definition) is 0. The minimum Gasteiger partial charge on any atom is -0.494 e. The summed E-state index contributed by atoms with van der Waals surface area (Å²) in [5.74, 6) is -1.15. The standard InChI is InChI=1S/C31H27F3O3/c1-3-5-18-36-29-17-14-25(19-28(29)32)37-20-21-6-8-22(9-7-21)26-15-16-27(31(34)30(26)33)23-10-12-24(13-11-23)35-4-2/h3,6-17,19H,1,4-5,18,20H2,2H3. The lowest BCUT2D eigenvalue weighted by atomic mass is 9.98. The van der Waals surface area contributed by atoms with Crippen molar-refractivity contribution >= 4 is 0 Å². The molecule has 0 radical (unpaired) electrons. The van der Waals surface area contributed by atoms with Crippen molar-refractivity contribution in [1.82, 2.24) is 0 Å². The minimum atomic E-state index is -0.916. The van der Waals surface area contributed by atoms with E-state index >= 15 is 0 Å². The van der Waals surface area contributed by atoms with E-state index in [1.807, 2.05) is 6.92 Å². The van der Waals surface area contributed by atoms with Gasteiger partial charge in [0.25, 0.3) is 0 Å². The van der Waals surface area contributed by atoms with E-state index in [1.54, 1.807) is 72.8 Å². The molecule has 0 heterocycles. The maximum Gasteiger partial charge on any atom is 0.168 e. The van der Waals surface area contributed by atoms with Crippen LogP contribution in [0, 0.1) is 17.5 Å². The van der Waals surface area contributed by atoms with Crippen molar-refractivity contribution in [2.24, 2.45) is 0 Å². The van der Waals surface area contributed by atoms with Crippen LogP contribution in [0.25, 0.3) is 22.3 Å². The quantitative estimate of drug-likeness (QED) is 0.152. The van der Waals surface area contributed by atoms with E-state index in [4.69, 9.17) is 14.2 Å². The monoisotopic (exact) mass is 504 g/mol. The Morgan fingerprint density at radius 2 is 1.30 bits per heavy atom. The molecule has 37 heavy (non-hydrogen) atoms. The number of hydrogen-bond acceptors (Lipinski definition) is 3. The SMILES string of the molecule is C=CCCOc1ccc(OCc2ccc(-c3ccc(-c4ccc(OCC)cc4)c(F)c3F)cc2)cc1F. The second-order valence-corrected chi connectivity index (χ2v) is 8.25. The van der Waals surface area contributed by atoms with Gasteiger partial charge in [0.2, 0.25) is 0 Å². The van der Waals surface area contributed by atoms with Crippen LogP contribution in [0.1, 0.15) is 18.9 Å². The molecule has 4 aromatic carbocycles. The zero-order valence-electron chi connectivity index (χ0n) is 20.5. The van der Waals surface area contributed by atoms with Gasteiger partial charge in [0, 0.05) is 17.2 Å². The second kappa shape index (κ2) is 12.2. The third-order valence-electron chi connectivity index (χ3n) is 5.71. The van der Waals surface area contributed by atoms with Gasteiger partial charge in [-0.3, -0.25) is 0 Å². The van der Waals surface area contributed by atoms with Gasteiger partial charge >= 0.3 is 0 Å². The van der Waals surface area contributed by atoms with Gasteiger partial charge in [-0.2, -0.15) is 0 Å². The fraction of sp³-hybridized carbons (Fsp3) is 0.161. The second-order valence-electron chi connectivity index (χ2n) is 8.25. The van der Waals surface area contributed by atoms with E-state index in [0.717, 1.165) is 5.56 Å². The lowest BCUT2D eigenvalue weighted by Crippen LogP contribution is -2.00. The molecule has 0 bridgehead atoms. The van der Waals surface area contributed by atoms with E-state index in [9.17, 15) is 13.2 Å². The van der Waals surface area contributed by atoms with Crippen LogP contribution in [-0.4, -0.2) is 13.2 Å². The van der Waals surface area contributed by atoms with Crippen LogP contribution in [0.4, 0.5) is 13.2 Å². The van der Waals surface area contributed by atoms with Crippen LogP contribution in [0.5, 0.6) is 17.2 Å². The maximum absolute atomic E-state index is 15.0. The van der Waals surface area contributed by atoms with Crippen LogP contribution in [-0.2, 0) is 6.61 Å². The molecular weight excluding hydrogens is 477 g/mol. The summed E-state index contributed by atoms with van der Waals surface area (Å²) < 4.78 is 60.6. The molecule has 0 saturated carbocycles. The number of rotatable bonds is 11. The lowest BCUT2D eigenvalue weighted by molar-refractivity contribution is 0.293. The number of benzene rings is 4. The molecule has 0 saturated heterocycles. The molecule has 0 N–H and O–H groups in total. The van der Waals surface area contributed by atoms with Crippen molar-refractivity contribution in [1.29, 1.82) is 0 Å². The van der Waals surface area contributed by atoms with Crippen LogP contribution in [0.15, 0.2) is 91.5 Å².